The van der Waals surface area contributed by atoms with Gasteiger partial charge in [-0.05, 0) is 40.8 Å². The highest BCUT2D eigenvalue weighted by Gasteiger charge is 2.12. The van der Waals surface area contributed by atoms with Crippen molar-refractivity contribution in [2.45, 2.75) is 6.54 Å². The lowest BCUT2D eigenvalue weighted by molar-refractivity contribution is -0.121. The minimum atomic E-state index is -0.386. The Kier molecular flexibility index (Phi) is 5.87. The molecule has 1 amide bonds. The molecule has 10 heteroatoms. The van der Waals surface area contributed by atoms with Crippen molar-refractivity contribution in [1.82, 2.24) is 25.6 Å². The first-order valence-corrected chi connectivity index (χ1v) is 9.54. The van der Waals surface area contributed by atoms with Crippen LogP contribution in [0.3, 0.4) is 0 Å². The number of benzene rings is 2. The summed E-state index contributed by atoms with van der Waals surface area (Å²) in [5, 5.41) is 16.4. The van der Waals surface area contributed by atoms with E-state index < -0.39 is 0 Å². The summed E-state index contributed by atoms with van der Waals surface area (Å²) in [4.78, 5) is 12.2. The fourth-order valence-electron chi connectivity index (χ4n) is 2.70. The van der Waals surface area contributed by atoms with Gasteiger partial charge in [-0.1, -0.05) is 53.5 Å². The molecule has 0 saturated carbocycles. The number of carbonyl (C=O) groups excluding carboxylic acids is 1. The van der Waals surface area contributed by atoms with E-state index in [2.05, 4.69) is 26.1 Å². The van der Waals surface area contributed by atoms with Crippen molar-refractivity contribution >= 4 is 35.3 Å². The Hall–Kier alpha value is -3.49. The highest BCUT2D eigenvalue weighted by Crippen LogP contribution is 2.31. The number of hydrogen-bond donors (Lipinski definition) is 1. The number of hydrogen-bond acceptors (Lipinski definition) is 6. The first-order valence-electron chi connectivity index (χ1n) is 8.79. The predicted octanol–water partition coefficient (Wildman–Crippen LogP) is 4.06. The molecule has 2 aromatic heterocycles. The zero-order valence-corrected chi connectivity index (χ0v) is 16.9. The Morgan fingerprint density at radius 1 is 1.13 bits per heavy atom. The molecule has 0 spiro atoms. The Morgan fingerprint density at radius 3 is 2.77 bits per heavy atom. The van der Waals surface area contributed by atoms with Gasteiger partial charge in [0.1, 0.15) is 18.1 Å². The van der Waals surface area contributed by atoms with Crippen LogP contribution in [0.5, 0.6) is 0 Å². The highest BCUT2D eigenvalue weighted by molar-refractivity contribution is 6.36. The van der Waals surface area contributed by atoms with E-state index in [9.17, 15) is 4.79 Å². The molecule has 0 radical (unpaired) electrons. The molecule has 4 rings (SSSR count). The molecule has 4 aromatic rings. The predicted molar refractivity (Wildman–Crippen MR) is 113 cm³/mol. The summed E-state index contributed by atoms with van der Waals surface area (Å²) in [6.45, 7) is -0.0850. The molecule has 1 N–H and O–H groups in total. The topological polar surface area (TPSA) is 98.2 Å². The summed E-state index contributed by atoms with van der Waals surface area (Å²) in [6, 6.07) is 17.9. The maximum atomic E-state index is 12.2. The first kappa shape index (κ1) is 19.8. The van der Waals surface area contributed by atoms with E-state index >= 15 is 0 Å². The molecule has 0 aliphatic heterocycles. The van der Waals surface area contributed by atoms with Gasteiger partial charge < -0.3 is 4.42 Å². The number of nitrogens with one attached hydrogen (secondary N) is 1. The molecule has 2 aromatic carbocycles. The molecule has 150 valence electrons. The number of carbonyl (C=O) groups is 1. The zero-order valence-electron chi connectivity index (χ0n) is 15.4. The zero-order chi connectivity index (χ0) is 20.9. The van der Waals surface area contributed by atoms with E-state index in [1.54, 1.807) is 30.3 Å². The van der Waals surface area contributed by atoms with E-state index in [1.807, 2.05) is 30.3 Å². The summed E-state index contributed by atoms with van der Waals surface area (Å²) in [6.07, 6.45) is 1.39. The molecule has 0 atom stereocenters. The van der Waals surface area contributed by atoms with Crippen molar-refractivity contribution in [3.8, 4) is 22.7 Å². The van der Waals surface area contributed by atoms with Crippen molar-refractivity contribution in [2.75, 3.05) is 0 Å². The van der Waals surface area contributed by atoms with Crippen molar-refractivity contribution in [3.63, 3.8) is 0 Å². The van der Waals surface area contributed by atoms with Gasteiger partial charge in [-0.3, -0.25) is 4.79 Å². The standard InChI is InChI=1S/C20H14Cl2N6O2/c21-14-6-8-16(17(22)10-14)18-9-7-15(30-18)11-23-24-19(29)12-28-20(25-26-27-28)13-4-2-1-3-5-13/h1-11H,12H2,(H,24,29). The number of rotatable bonds is 6. The molecule has 0 bridgehead atoms. The molecule has 0 aliphatic carbocycles. The average molecular weight is 441 g/mol. The molecule has 8 nitrogen and oxygen atoms in total. The second-order valence-corrected chi connectivity index (χ2v) is 6.99. The fraction of sp³-hybridized carbons (Fsp3) is 0.0500. The summed E-state index contributed by atoms with van der Waals surface area (Å²) in [7, 11) is 0. The van der Waals surface area contributed by atoms with Gasteiger partial charge in [0.05, 0.1) is 11.2 Å². The van der Waals surface area contributed by atoms with Crippen molar-refractivity contribution in [2.24, 2.45) is 5.10 Å². The van der Waals surface area contributed by atoms with Crippen LogP contribution in [0.2, 0.25) is 10.0 Å². The number of tetrazole rings is 1. The van der Waals surface area contributed by atoms with Crippen LogP contribution >= 0.6 is 23.2 Å². The van der Waals surface area contributed by atoms with Crippen LogP contribution in [0.25, 0.3) is 22.7 Å². The smallest absolute Gasteiger partial charge is 0.261 e. The van der Waals surface area contributed by atoms with Crippen molar-refractivity contribution < 1.29 is 9.21 Å². The van der Waals surface area contributed by atoms with Crippen LogP contribution in [0.15, 0.2) is 70.2 Å². The van der Waals surface area contributed by atoms with E-state index in [-0.39, 0.29) is 12.5 Å². The minimum absolute atomic E-state index is 0.0850. The van der Waals surface area contributed by atoms with Crippen LogP contribution in [0.1, 0.15) is 5.76 Å². The number of halogens is 2. The van der Waals surface area contributed by atoms with E-state index in [1.165, 1.54) is 10.9 Å². The number of furan rings is 1. The van der Waals surface area contributed by atoms with E-state index in [0.717, 1.165) is 5.56 Å². The Morgan fingerprint density at radius 2 is 1.97 bits per heavy atom. The summed E-state index contributed by atoms with van der Waals surface area (Å²) < 4.78 is 7.09. The third kappa shape index (κ3) is 4.56. The van der Waals surface area contributed by atoms with Crippen LogP contribution in [-0.4, -0.2) is 32.3 Å². The lowest BCUT2D eigenvalue weighted by atomic mass is 10.2. The second-order valence-electron chi connectivity index (χ2n) is 6.15. The Labute approximate surface area is 181 Å². The number of nitrogens with zero attached hydrogens (tertiary/aromatic N) is 5. The van der Waals surface area contributed by atoms with Gasteiger partial charge >= 0.3 is 0 Å². The van der Waals surface area contributed by atoms with E-state index in [4.69, 9.17) is 27.6 Å². The lowest BCUT2D eigenvalue weighted by Gasteiger charge is -2.03. The second kappa shape index (κ2) is 8.89. The fourth-order valence-corrected chi connectivity index (χ4v) is 3.20. The third-order valence-electron chi connectivity index (χ3n) is 4.06. The van der Waals surface area contributed by atoms with Crippen molar-refractivity contribution in [3.05, 3.63) is 76.5 Å². The molecule has 0 aliphatic rings. The maximum Gasteiger partial charge on any atom is 0.261 e. The number of hydrazone groups is 1. The van der Waals surface area contributed by atoms with Gasteiger partial charge in [0.2, 0.25) is 0 Å². The Balaban J connectivity index is 1.38. The first-order chi connectivity index (χ1) is 14.6. The SMILES string of the molecule is O=C(Cn1nnnc1-c1ccccc1)NN=Cc1ccc(-c2ccc(Cl)cc2Cl)o1. The molecular weight excluding hydrogens is 427 g/mol. The number of amides is 1. The largest absolute Gasteiger partial charge is 0.455 e. The number of aromatic nitrogens is 4. The van der Waals surface area contributed by atoms with Crippen LogP contribution < -0.4 is 5.43 Å². The van der Waals surface area contributed by atoms with Gasteiger partial charge in [0.25, 0.3) is 5.91 Å². The molecular formula is C20H14Cl2N6O2. The average Bonchev–Trinajstić information content (AvgIpc) is 3.38. The lowest BCUT2D eigenvalue weighted by Crippen LogP contribution is -2.24. The molecule has 0 saturated heterocycles. The van der Waals surface area contributed by atoms with Gasteiger partial charge in [-0.15, -0.1) is 5.10 Å². The molecule has 0 unspecified atom stereocenters. The van der Waals surface area contributed by atoms with Crippen LogP contribution in [0, 0.1) is 0 Å². The Bertz CT molecular complexity index is 1200. The highest BCUT2D eigenvalue weighted by atomic mass is 35.5. The van der Waals surface area contributed by atoms with Crippen molar-refractivity contribution in [1.29, 1.82) is 0 Å². The van der Waals surface area contributed by atoms with Crippen LogP contribution in [-0.2, 0) is 11.3 Å². The molecule has 30 heavy (non-hydrogen) atoms. The van der Waals surface area contributed by atoms with Gasteiger partial charge in [0, 0.05) is 16.1 Å². The quantitative estimate of drug-likeness (QED) is 0.360. The molecule has 0 fully saturated rings. The molecule has 2 heterocycles. The minimum Gasteiger partial charge on any atom is -0.455 e. The summed E-state index contributed by atoms with van der Waals surface area (Å²) in [5.74, 6) is 1.11. The van der Waals surface area contributed by atoms with Crippen LogP contribution in [0.4, 0.5) is 0 Å². The summed E-state index contributed by atoms with van der Waals surface area (Å²) in [5.41, 5.74) is 3.94. The van der Waals surface area contributed by atoms with Gasteiger partial charge in [-0.25, -0.2) is 10.1 Å². The monoisotopic (exact) mass is 440 g/mol. The third-order valence-corrected chi connectivity index (χ3v) is 4.61. The van der Waals surface area contributed by atoms with Gasteiger partial charge in [0.15, 0.2) is 5.82 Å². The maximum absolute atomic E-state index is 12.2. The van der Waals surface area contributed by atoms with E-state index in [0.29, 0.717) is 33.0 Å². The van der Waals surface area contributed by atoms with Gasteiger partial charge in [-0.2, -0.15) is 5.10 Å². The normalized spacial score (nSPS) is 11.1. The summed E-state index contributed by atoms with van der Waals surface area (Å²) >= 11 is 12.1.